The second kappa shape index (κ2) is 11.9. The molecular formula is C47H31N3O. The Bertz CT molecular complexity index is 2830. The van der Waals surface area contributed by atoms with Crippen molar-refractivity contribution in [3.05, 3.63) is 188 Å². The minimum atomic E-state index is 0.611. The third-order valence-electron chi connectivity index (χ3n) is 9.82. The Balaban J connectivity index is 1.15. The van der Waals surface area contributed by atoms with E-state index in [4.69, 9.17) is 9.40 Å². The van der Waals surface area contributed by atoms with Gasteiger partial charge in [-0.15, -0.1) is 0 Å². The highest BCUT2D eigenvalue weighted by Gasteiger charge is 2.21. The molecule has 0 amide bonds. The summed E-state index contributed by atoms with van der Waals surface area (Å²) in [5, 5.41) is 4.64. The van der Waals surface area contributed by atoms with Crippen molar-refractivity contribution < 1.29 is 4.42 Å². The lowest BCUT2D eigenvalue weighted by Gasteiger charge is -2.27. The molecule has 0 aliphatic heterocycles. The van der Waals surface area contributed by atoms with Gasteiger partial charge in [0.15, 0.2) is 5.58 Å². The Labute approximate surface area is 295 Å². The first kappa shape index (κ1) is 29.0. The molecule has 240 valence electrons. The fourth-order valence-electron chi connectivity index (χ4n) is 7.44. The highest BCUT2D eigenvalue weighted by atomic mass is 16.3. The van der Waals surface area contributed by atoms with Crippen molar-refractivity contribution in [3.8, 4) is 28.3 Å². The summed E-state index contributed by atoms with van der Waals surface area (Å²) in [4.78, 5) is 7.33. The van der Waals surface area contributed by atoms with E-state index >= 15 is 0 Å². The second-order valence-corrected chi connectivity index (χ2v) is 12.8. The predicted molar refractivity (Wildman–Crippen MR) is 211 cm³/mol. The van der Waals surface area contributed by atoms with E-state index in [0.717, 1.165) is 55.7 Å². The number of oxazole rings is 1. The van der Waals surface area contributed by atoms with Crippen LogP contribution < -0.4 is 4.90 Å². The Morgan fingerprint density at radius 1 is 0.451 bits per heavy atom. The number of nitrogens with zero attached hydrogens (tertiary/aromatic N) is 3. The second-order valence-electron chi connectivity index (χ2n) is 12.8. The van der Waals surface area contributed by atoms with Gasteiger partial charge >= 0.3 is 0 Å². The van der Waals surface area contributed by atoms with Gasteiger partial charge in [-0.25, -0.2) is 4.98 Å². The summed E-state index contributed by atoms with van der Waals surface area (Å²) in [6.45, 7) is 0. The molecule has 0 spiro atoms. The zero-order valence-electron chi connectivity index (χ0n) is 27.6. The first-order valence-corrected chi connectivity index (χ1v) is 17.2. The van der Waals surface area contributed by atoms with E-state index in [2.05, 4.69) is 185 Å². The Kier molecular flexibility index (Phi) is 6.78. The van der Waals surface area contributed by atoms with E-state index in [-0.39, 0.29) is 0 Å². The quantitative estimate of drug-likeness (QED) is 0.179. The SMILES string of the molecule is c1ccc(-c2ccc(N(c3ccc(-c4nc5c(ccc6ccccc65)o4)cc3)c3cccc4c3c3ccccc3n4-c3ccccc3)cc2)cc1. The predicted octanol–water partition coefficient (Wildman–Crippen LogP) is 12.9. The average molecular weight is 654 g/mol. The maximum Gasteiger partial charge on any atom is 0.227 e. The van der Waals surface area contributed by atoms with Crippen molar-refractivity contribution in [1.29, 1.82) is 0 Å². The molecule has 51 heavy (non-hydrogen) atoms. The third-order valence-corrected chi connectivity index (χ3v) is 9.82. The van der Waals surface area contributed by atoms with Crippen LogP contribution in [0.1, 0.15) is 0 Å². The Morgan fingerprint density at radius 2 is 1.06 bits per heavy atom. The lowest BCUT2D eigenvalue weighted by molar-refractivity contribution is 0.620. The van der Waals surface area contributed by atoms with Crippen LogP contribution in [-0.2, 0) is 0 Å². The minimum Gasteiger partial charge on any atom is -0.436 e. The van der Waals surface area contributed by atoms with Gasteiger partial charge in [0, 0.05) is 38.8 Å². The Morgan fingerprint density at radius 3 is 1.82 bits per heavy atom. The normalized spacial score (nSPS) is 11.5. The topological polar surface area (TPSA) is 34.2 Å². The van der Waals surface area contributed by atoms with E-state index in [9.17, 15) is 0 Å². The summed E-state index contributed by atoms with van der Waals surface area (Å²) in [5.74, 6) is 0.611. The van der Waals surface area contributed by atoms with E-state index < -0.39 is 0 Å². The van der Waals surface area contributed by atoms with E-state index in [0.29, 0.717) is 5.89 Å². The van der Waals surface area contributed by atoms with E-state index in [1.165, 1.54) is 27.4 Å². The highest BCUT2D eigenvalue weighted by molar-refractivity contribution is 6.16. The zero-order chi connectivity index (χ0) is 33.7. The van der Waals surface area contributed by atoms with Gasteiger partial charge in [-0.2, -0.15) is 0 Å². The van der Waals surface area contributed by atoms with E-state index in [1.807, 2.05) is 12.1 Å². The van der Waals surface area contributed by atoms with Crippen molar-refractivity contribution in [3.63, 3.8) is 0 Å². The first-order valence-electron chi connectivity index (χ1n) is 17.2. The molecule has 10 rings (SSSR count). The molecule has 4 heteroatoms. The van der Waals surface area contributed by atoms with Crippen LogP contribution in [0, 0.1) is 0 Å². The summed E-state index contributed by atoms with van der Waals surface area (Å²) < 4.78 is 8.68. The number of para-hydroxylation sites is 2. The standard InChI is InChI=1S/C47H31N3O/c1-3-12-32(13-4-1)33-22-27-37(28-23-33)49(38-29-24-35(25-30-38)47-48-46-39-17-8-7-14-34(39)26-31-44(46)51-47)42-20-11-21-43-45(42)40-18-9-10-19-41(40)50(43)36-15-5-2-6-16-36/h1-31H. The van der Waals surface area contributed by atoms with Gasteiger partial charge in [-0.3, -0.25) is 0 Å². The molecule has 0 atom stereocenters. The van der Waals surface area contributed by atoms with Gasteiger partial charge in [0.1, 0.15) is 5.52 Å². The fourth-order valence-corrected chi connectivity index (χ4v) is 7.44. The number of anilines is 3. The van der Waals surface area contributed by atoms with Crippen molar-refractivity contribution in [2.45, 2.75) is 0 Å². The molecule has 0 radical (unpaired) electrons. The molecule has 0 bridgehead atoms. The molecule has 0 aliphatic rings. The van der Waals surface area contributed by atoms with Crippen LogP contribution in [0.3, 0.4) is 0 Å². The van der Waals surface area contributed by atoms with Crippen molar-refractivity contribution in [2.75, 3.05) is 4.90 Å². The van der Waals surface area contributed by atoms with Crippen LogP contribution >= 0.6 is 0 Å². The Hall–Kier alpha value is -6.91. The van der Waals surface area contributed by atoms with Crippen LogP contribution in [0.2, 0.25) is 0 Å². The molecule has 10 aromatic rings. The summed E-state index contributed by atoms with van der Waals surface area (Å²) >= 11 is 0. The van der Waals surface area contributed by atoms with Gasteiger partial charge in [-0.05, 0) is 89.3 Å². The molecule has 0 aliphatic carbocycles. The fraction of sp³-hybridized carbons (Fsp3) is 0. The highest BCUT2D eigenvalue weighted by Crippen LogP contribution is 2.44. The van der Waals surface area contributed by atoms with Crippen LogP contribution in [0.25, 0.3) is 71.9 Å². The molecule has 2 aromatic heterocycles. The number of hydrogen-bond donors (Lipinski definition) is 0. The smallest absolute Gasteiger partial charge is 0.227 e. The molecular weight excluding hydrogens is 623 g/mol. The monoisotopic (exact) mass is 653 g/mol. The van der Waals surface area contributed by atoms with Crippen LogP contribution in [0.5, 0.6) is 0 Å². The number of benzene rings is 8. The lowest BCUT2D eigenvalue weighted by Crippen LogP contribution is -2.10. The molecule has 4 nitrogen and oxygen atoms in total. The summed E-state index contributed by atoms with van der Waals surface area (Å²) in [5.41, 5.74) is 11.6. The summed E-state index contributed by atoms with van der Waals surface area (Å²) in [7, 11) is 0. The van der Waals surface area contributed by atoms with Crippen LogP contribution in [0.15, 0.2) is 192 Å². The molecule has 0 saturated carbocycles. The van der Waals surface area contributed by atoms with Crippen LogP contribution in [0.4, 0.5) is 17.1 Å². The van der Waals surface area contributed by atoms with Gasteiger partial charge in [0.25, 0.3) is 0 Å². The molecule has 0 fully saturated rings. The van der Waals surface area contributed by atoms with Crippen LogP contribution in [-0.4, -0.2) is 9.55 Å². The number of rotatable bonds is 6. The largest absolute Gasteiger partial charge is 0.436 e. The molecule has 8 aromatic carbocycles. The maximum absolute atomic E-state index is 6.31. The van der Waals surface area contributed by atoms with Crippen molar-refractivity contribution in [1.82, 2.24) is 9.55 Å². The number of hydrogen-bond acceptors (Lipinski definition) is 3. The molecule has 0 unspecified atom stereocenters. The minimum absolute atomic E-state index is 0.611. The maximum atomic E-state index is 6.31. The summed E-state index contributed by atoms with van der Waals surface area (Å²) in [6, 6.07) is 66.3. The van der Waals surface area contributed by atoms with Gasteiger partial charge in [-0.1, -0.05) is 115 Å². The van der Waals surface area contributed by atoms with Gasteiger partial charge in [0.2, 0.25) is 5.89 Å². The number of aromatic nitrogens is 2. The van der Waals surface area contributed by atoms with Crippen molar-refractivity contribution >= 4 is 60.7 Å². The molecule has 0 N–H and O–H groups in total. The summed E-state index contributed by atoms with van der Waals surface area (Å²) in [6.07, 6.45) is 0. The van der Waals surface area contributed by atoms with E-state index in [1.54, 1.807) is 0 Å². The molecule has 0 saturated heterocycles. The first-order chi connectivity index (χ1) is 25.3. The zero-order valence-corrected chi connectivity index (χ0v) is 27.6. The van der Waals surface area contributed by atoms with Crippen molar-refractivity contribution in [2.24, 2.45) is 0 Å². The molecule has 2 heterocycles. The lowest BCUT2D eigenvalue weighted by atomic mass is 10.0. The average Bonchev–Trinajstić information content (AvgIpc) is 3.80. The number of fused-ring (bicyclic) bond motifs is 6. The van der Waals surface area contributed by atoms with Gasteiger partial charge < -0.3 is 13.9 Å². The van der Waals surface area contributed by atoms with Gasteiger partial charge in [0.05, 0.1) is 16.7 Å². The third kappa shape index (κ3) is 4.88.